The summed E-state index contributed by atoms with van der Waals surface area (Å²) in [5.41, 5.74) is -0.768. The number of nitrogens with zero attached hydrogens (tertiary/aromatic N) is 3. The monoisotopic (exact) mass is 1120 g/mol. The van der Waals surface area contributed by atoms with E-state index in [-0.39, 0.29) is 37.6 Å². The molecule has 1 unspecified atom stereocenters. The van der Waals surface area contributed by atoms with E-state index in [0.29, 0.717) is 39.3 Å². The summed E-state index contributed by atoms with van der Waals surface area (Å²) in [6.07, 6.45) is -4.31. The molecule has 22 heteroatoms. The largest absolute Gasteiger partial charge is 0.614 e. The number of fused-ring (bicyclic) bond motifs is 1. The molecule has 2 aliphatic rings. The topological polar surface area (TPSA) is 233 Å². The molecule has 69 heavy (non-hydrogen) atoms. The minimum atomic E-state index is -1.85. The molecule has 2 aliphatic heterocycles. The van der Waals surface area contributed by atoms with Gasteiger partial charge in [-0.15, -0.1) is 0 Å². The maximum absolute atomic E-state index is 14.5. The van der Waals surface area contributed by atoms with Crippen LogP contribution in [-0.2, 0) is 65.5 Å². The van der Waals surface area contributed by atoms with Crippen LogP contribution in [0.2, 0.25) is 4.34 Å². The van der Waals surface area contributed by atoms with Gasteiger partial charge in [-0.3, -0.25) is 24.6 Å². The zero-order valence-electron chi connectivity index (χ0n) is 38.4. The molecule has 0 aliphatic carbocycles. The van der Waals surface area contributed by atoms with E-state index in [1.807, 2.05) is 34.7 Å². The predicted octanol–water partition coefficient (Wildman–Crippen LogP) is 7.15. The van der Waals surface area contributed by atoms with Gasteiger partial charge in [0.1, 0.15) is 45.0 Å². The first-order valence-corrected chi connectivity index (χ1v) is 25.3. The molecule has 6 rings (SSSR count). The molecule has 4 aromatic rings. The Balaban J connectivity index is 1.30. The molecule has 0 bridgehead atoms. The van der Waals surface area contributed by atoms with Gasteiger partial charge in [0.15, 0.2) is 23.0 Å². The normalized spacial score (nSPS) is 17.5. The second-order valence-electron chi connectivity index (χ2n) is 17.3. The van der Waals surface area contributed by atoms with Crippen molar-refractivity contribution >= 4 is 103 Å². The second kappa shape index (κ2) is 22.8. The number of hydrogen-bond donors (Lipinski definition) is 2. The number of rotatable bonds is 17. The molecule has 3 heterocycles. The zero-order valence-corrected chi connectivity index (χ0v) is 43.0. The van der Waals surface area contributed by atoms with E-state index in [0.717, 1.165) is 4.90 Å². The highest BCUT2D eigenvalue weighted by Crippen LogP contribution is 2.39. The maximum atomic E-state index is 14.5. The molecule has 2 N–H and O–H groups in total. The molecule has 0 radical (unpaired) electrons. The number of thiazole rings is 1. The van der Waals surface area contributed by atoms with E-state index in [1.54, 1.807) is 114 Å². The quantitative estimate of drug-likeness (QED) is 0.0156. The number of carbonyl (C=O) groups excluding carboxylic acids is 6. The fraction of sp³-hybridized carbons (Fsp3) is 0.362. The van der Waals surface area contributed by atoms with Gasteiger partial charge in [-0.25, -0.2) is 19.4 Å². The SMILES string of the molecule is COc1ccc(COC(=O)[C@H](CC(=O)OC(C)(C)C)O/N=C(\C(=O)N[C@@H]2C(=O)N3C(C(=O)OC(c4ccccc4)c4ccccc4)=C(CI)C[S+]([O-])[C@H]23)c2nc(NC(=O)OC(C)(C)C)sc2Cl)cc1. The summed E-state index contributed by atoms with van der Waals surface area (Å²) in [6, 6.07) is 23.2. The smallest absolute Gasteiger partial charge is 0.413 e. The van der Waals surface area contributed by atoms with Crippen molar-refractivity contribution in [1.29, 1.82) is 0 Å². The molecule has 366 valence electrons. The molecule has 3 amide bonds. The number of aromatic nitrogens is 1. The van der Waals surface area contributed by atoms with Crippen molar-refractivity contribution in [3.05, 3.63) is 123 Å². The van der Waals surface area contributed by atoms with Crippen LogP contribution in [0.15, 0.2) is 101 Å². The minimum Gasteiger partial charge on any atom is -0.614 e. The molecule has 1 fully saturated rings. The summed E-state index contributed by atoms with van der Waals surface area (Å²) in [4.78, 5) is 93.3. The fourth-order valence-corrected chi connectivity index (χ4v) is 10.5. The molecule has 3 aromatic carbocycles. The third-order valence-corrected chi connectivity index (χ3v) is 13.5. The number of benzene rings is 3. The first-order valence-electron chi connectivity index (χ1n) is 21.2. The van der Waals surface area contributed by atoms with Crippen molar-refractivity contribution < 1.29 is 61.8 Å². The van der Waals surface area contributed by atoms with Crippen molar-refractivity contribution in [2.75, 3.05) is 22.6 Å². The fourth-order valence-electron chi connectivity index (χ4n) is 6.77. The summed E-state index contributed by atoms with van der Waals surface area (Å²) in [6.45, 7) is 9.54. The average molecular weight is 1120 g/mol. The van der Waals surface area contributed by atoms with Crippen molar-refractivity contribution in [1.82, 2.24) is 15.2 Å². The van der Waals surface area contributed by atoms with E-state index in [9.17, 15) is 33.3 Å². The van der Waals surface area contributed by atoms with Crippen LogP contribution in [-0.4, -0.2) is 102 Å². The van der Waals surface area contributed by atoms with Gasteiger partial charge in [-0.05, 0) is 81.5 Å². The third kappa shape index (κ3) is 13.7. The number of hydrogen-bond acceptors (Lipinski definition) is 16. The van der Waals surface area contributed by atoms with Crippen LogP contribution in [0.4, 0.5) is 9.93 Å². The van der Waals surface area contributed by atoms with Crippen LogP contribution < -0.4 is 15.4 Å². The first-order chi connectivity index (χ1) is 32.7. The molecule has 18 nitrogen and oxygen atoms in total. The average Bonchev–Trinajstić information content (AvgIpc) is 3.65. The lowest BCUT2D eigenvalue weighted by molar-refractivity contribution is -0.169. The molecular formula is C47H49ClIN5O13S2. The molecule has 4 atom stereocenters. The number of methoxy groups -OCH3 is 1. The highest BCUT2D eigenvalue weighted by molar-refractivity contribution is 14.1. The number of alkyl halides is 1. The molecular weight excluding hydrogens is 1070 g/mol. The summed E-state index contributed by atoms with van der Waals surface area (Å²) < 4.78 is 41.5. The Bertz CT molecular complexity index is 2560. The van der Waals surface area contributed by atoms with Crippen molar-refractivity contribution in [3.63, 3.8) is 0 Å². The predicted molar refractivity (Wildman–Crippen MR) is 264 cm³/mol. The van der Waals surface area contributed by atoms with Gasteiger partial charge in [-0.2, -0.15) is 0 Å². The number of carbonyl (C=O) groups is 6. The van der Waals surface area contributed by atoms with Gasteiger partial charge >= 0.3 is 24.0 Å². The Labute approximate surface area is 423 Å². The van der Waals surface area contributed by atoms with Crippen LogP contribution in [0, 0.1) is 0 Å². The van der Waals surface area contributed by atoms with E-state index < -0.39 is 93.9 Å². The molecule has 1 saturated heterocycles. The van der Waals surface area contributed by atoms with E-state index in [2.05, 4.69) is 20.8 Å². The van der Waals surface area contributed by atoms with Gasteiger partial charge in [0.05, 0.1) is 13.5 Å². The zero-order chi connectivity index (χ0) is 50.2. The van der Waals surface area contributed by atoms with E-state index in [1.165, 1.54) is 7.11 Å². The molecule has 1 aromatic heterocycles. The van der Waals surface area contributed by atoms with Crippen LogP contribution >= 0.6 is 45.5 Å². The van der Waals surface area contributed by atoms with Crippen molar-refractivity contribution in [2.45, 2.75) is 89.4 Å². The molecule has 0 saturated carbocycles. The first kappa shape index (κ1) is 52.6. The number of anilines is 1. The van der Waals surface area contributed by atoms with Crippen LogP contribution in [0.5, 0.6) is 5.75 Å². The highest BCUT2D eigenvalue weighted by Gasteiger charge is 2.61. The lowest BCUT2D eigenvalue weighted by Crippen LogP contribution is -2.75. The van der Waals surface area contributed by atoms with E-state index >= 15 is 0 Å². The Morgan fingerprint density at radius 2 is 1.55 bits per heavy atom. The molecule has 0 spiro atoms. The van der Waals surface area contributed by atoms with Gasteiger partial charge in [-0.1, -0.05) is 123 Å². The number of ether oxygens (including phenoxy) is 5. The van der Waals surface area contributed by atoms with Gasteiger partial charge < -0.3 is 38.4 Å². The standard InChI is InChI=1S/C47H49ClIN5O13S2/c1-46(2,3)65-32(55)22-31(42(58)63-24-26-18-20-30(62-7)21-19-26)67-53-34(33-38(48)68-44(51-33)52-45(60)66-47(4,5)6)39(56)50-35-40(57)54-36(29(23-49)25-69(61)41(35)54)43(59)64-37(27-14-10-8-11-15-27)28-16-12-9-13-17-28/h8-21,31,35,37,41H,22-25H2,1-7H3,(H,50,56)(H,51,52,60)/b53-34-/t31-,35+,41+,69?/m0/s1. The van der Waals surface area contributed by atoms with Gasteiger partial charge in [0.25, 0.3) is 11.8 Å². The van der Waals surface area contributed by atoms with Crippen molar-refractivity contribution in [3.8, 4) is 5.75 Å². The Kier molecular flexibility index (Phi) is 17.4. The number of halogens is 2. The number of esters is 3. The number of amides is 3. The van der Waals surface area contributed by atoms with E-state index in [4.69, 9.17) is 40.1 Å². The van der Waals surface area contributed by atoms with Gasteiger partial charge in [0.2, 0.25) is 11.5 Å². The number of β-lactam (4-membered cyclic amide) rings is 1. The maximum Gasteiger partial charge on any atom is 0.413 e. The lowest BCUT2D eigenvalue weighted by Gasteiger charge is -2.49. The second-order valence-corrected chi connectivity index (χ2v) is 21.2. The summed E-state index contributed by atoms with van der Waals surface area (Å²) in [5, 5.41) is 7.57. The van der Waals surface area contributed by atoms with Gasteiger partial charge in [0, 0.05) is 10.0 Å². The number of oxime groups is 1. The minimum absolute atomic E-state index is 0.0999. The Morgan fingerprint density at radius 3 is 2.12 bits per heavy atom. The summed E-state index contributed by atoms with van der Waals surface area (Å²) in [5.74, 6) is -4.31. The number of nitrogens with one attached hydrogen (secondary N) is 2. The summed E-state index contributed by atoms with van der Waals surface area (Å²) in [7, 11) is 1.50. The highest BCUT2D eigenvalue weighted by atomic mass is 127. The Morgan fingerprint density at radius 1 is 0.942 bits per heavy atom. The van der Waals surface area contributed by atoms with Crippen molar-refractivity contribution in [2.24, 2.45) is 5.16 Å². The lowest BCUT2D eigenvalue weighted by atomic mass is 10.0. The Hall–Kier alpha value is -5.75. The summed E-state index contributed by atoms with van der Waals surface area (Å²) >= 11 is 7.51. The van der Waals surface area contributed by atoms with Crippen LogP contribution in [0.1, 0.15) is 76.5 Å². The van der Waals surface area contributed by atoms with Crippen LogP contribution in [0.25, 0.3) is 0 Å². The third-order valence-electron chi connectivity index (χ3n) is 9.75. The van der Waals surface area contributed by atoms with Crippen LogP contribution in [0.3, 0.4) is 0 Å².